The Morgan fingerprint density at radius 2 is 0.775 bits per heavy atom. The summed E-state index contributed by atoms with van der Waals surface area (Å²) >= 11 is 0. The van der Waals surface area contributed by atoms with E-state index < -0.39 is 41.6 Å². The van der Waals surface area contributed by atoms with E-state index in [1.807, 2.05) is 67.2 Å². The molecule has 1 heterocycles. The number of hydrogen-bond donors (Lipinski definition) is 4. The van der Waals surface area contributed by atoms with Gasteiger partial charge in [-0.15, -0.1) is 0 Å². The largest absolute Gasteiger partial charge is 0.480 e. The number of β-amino-alcohol motifs (C(OH)–C–C–N with tert-alkyl or cyclic N) is 3. The summed E-state index contributed by atoms with van der Waals surface area (Å²) in [5.41, 5.74) is -1.51. The fraction of sp³-hybridized carbons (Fsp3) is 0.964. The maximum atomic E-state index is 11.6. The van der Waals surface area contributed by atoms with Crippen LogP contribution in [0.4, 0.5) is 0 Å². The first kappa shape index (κ1) is 37.1. The third-order valence-electron chi connectivity index (χ3n) is 6.00. The highest BCUT2D eigenvalue weighted by atomic mass is 16.6. The van der Waals surface area contributed by atoms with Crippen molar-refractivity contribution >= 4 is 5.97 Å². The molecule has 3 unspecified atom stereocenters. The van der Waals surface area contributed by atoms with E-state index in [1.54, 1.807) is 0 Å². The van der Waals surface area contributed by atoms with Crippen LogP contribution in [0.1, 0.15) is 62.3 Å². The van der Waals surface area contributed by atoms with Crippen molar-refractivity contribution in [3.63, 3.8) is 0 Å². The van der Waals surface area contributed by atoms with Gasteiger partial charge in [-0.05, 0) is 62.3 Å². The SMILES string of the molecule is CC(C)(C)OC(O)CN1CCN(CC(=O)O)CCN(CC(O)OC(C)(C)C)CCN(CC(O)OC(C)(C)C)CC1. The predicted octanol–water partition coefficient (Wildman–Crippen LogP) is 0.693. The minimum absolute atomic E-state index is 0.105. The van der Waals surface area contributed by atoms with Crippen molar-refractivity contribution in [3.05, 3.63) is 0 Å². The van der Waals surface area contributed by atoms with Crippen LogP contribution in [-0.4, -0.2) is 160 Å². The first-order valence-corrected chi connectivity index (χ1v) is 14.4. The molecule has 0 aliphatic carbocycles. The molecule has 40 heavy (non-hydrogen) atoms. The van der Waals surface area contributed by atoms with Crippen LogP contribution in [-0.2, 0) is 19.0 Å². The maximum absolute atomic E-state index is 11.6. The van der Waals surface area contributed by atoms with E-state index in [2.05, 4.69) is 14.7 Å². The number of ether oxygens (including phenoxy) is 3. The highest BCUT2D eigenvalue weighted by molar-refractivity contribution is 5.69. The lowest BCUT2D eigenvalue weighted by molar-refractivity contribution is -0.180. The number of aliphatic hydroxyl groups is 3. The van der Waals surface area contributed by atoms with Gasteiger partial charge in [0.2, 0.25) is 0 Å². The van der Waals surface area contributed by atoms with E-state index in [0.717, 1.165) is 0 Å². The zero-order chi connectivity index (χ0) is 30.7. The van der Waals surface area contributed by atoms with E-state index in [1.165, 1.54) is 0 Å². The number of carboxylic acids is 1. The van der Waals surface area contributed by atoms with Gasteiger partial charge in [-0.25, -0.2) is 0 Å². The van der Waals surface area contributed by atoms with Gasteiger partial charge in [0.1, 0.15) is 0 Å². The minimum Gasteiger partial charge on any atom is -0.480 e. The standard InChI is InChI=1S/C28H58N4O8/c1-26(2,3)38-23(35)19-30-12-10-29(18-22(33)34)11-13-31(20-24(36)39-27(4,5)6)15-17-32(16-14-30)21-25(37)40-28(7,8)9/h23-25,35-37H,10-21H2,1-9H3,(H,33,34). The van der Waals surface area contributed by atoms with Gasteiger partial charge in [-0.1, -0.05) is 0 Å². The number of carboxylic acid groups (broad SMARTS) is 1. The van der Waals surface area contributed by atoms with Crippen molar-refractivity contribution in [1.82, 2.24) is 19.6 Å². The predicted molar refractivity (Wildman–Crippen MR) is 154 cm³/mol. The molecule has 1 aliphatic heterocycles. The van der Waals surface area contributed by atoms with Crippen molar-refractivity contribution in [1.29, 1.82) is 0 Å². The molecular weight excluding hydrogens is 520 g/mol. The Morgan fingerprint density at radius 3 is 0.975 bits per heavy atom. The lowest BCUT2D eigenvalue weighted by Crippen LogP contribution is -2.51. The molecule has 0 aromatic heterocycles. The third kappa shape index (κ3) is 19.2. The van der Waals surface area contributed by atoms with E-state index >= 15 is 0 Å². The Balaban J connectivity index is 3.10. The molecule has 4 N–H and O–H groups in total. The Bertz CT molecular complexity index is 683. The Hall–Kier alpha value is -0.930. The Kier molecular flexibility index (Phi) is 15.4. The number of aliphatic hydroxyl groups excluding tert-OH is 3. The molecule has 12 nitrogen and oxygen atoms in total. The van der Waals surface area contributed by atoms with Crippen molar-refractivity contribution in [2.75, 3.05) is 78.5 Å². The zero-order valence-electron chi connectivity index (χ0n) is 26.4. The Labute approximate surface area is 241 Å². The second-order valence-corrected chi connectivity index (χ2v) is 13.6. The van der Waals surface area contributed by atoms with Gasteiger partial charge < -0.3 is 34.6 Å². The monoisotopic (exact) mass is 578 g/mol. The fourth-order valence-corrected chi connectivity index (χ4v) is 4.47. The summed E-state index contributed by atoms with van der Waals surface area (Å²) in [5.74, 6) is -0.906. The van der Waals surface area contributed by atoms with E-state index in [-0.39, 0.29) is 19.6 Å². The molecule has 1 aliphatic rings. The van der Waals surface area contributed by atoms with E-state index in [0.29, 0.717) is 58.9 Å². The van der Waals surface area contributed by atoms with Crippen molar-refractivity contribution in [2.24, 2.45) is 0 Å². The van der Waals surface area contributed by atoms with Crippen LogP contribution in [0.15, 0.2) is 0 Å². The second-order valence-electron chi connectivity index (χ2n) is 13.6. The second kappa shape index (κ2) is 16.6. The number of aliphatic carboxylic acids is 1. The van der Waals surface area contributed by atoms with Crippen LogP contribution < -0.4 is 0 Å². The first-order chi connectivity index (χ1) is 18.2. The third-order valence-corrected chi connectivity index (χ3v) is 6.00. The lowest BCUT2D eigenvalue weighted by Gasteiger charge is -2.36. The van der Waals surface area contributed by atoms with Gasteiger partial charge in [0.25, 0.3) is 0 Å². The van der Waals surface area contributed by atoms with Gasteiger partial charge in [0.15, 0.2) is 18.9 Å². The van der Waals surface area contributed by atoms with Gasteiger partial charge >= 0.3 is 5.97 Å². The summed E-state index contributed by atoms with van der Waals surface area (Å²) < 4.78 is 17.2. The van der Waals surface area contributed by atoms with Crippen molar-refractivity contribution < 1.29 is 39.4 Å². The molecule has 238 valence electrons. The summed E-state index contributed by atoms with van der Waals surface area (Å²) in [6.07, 6.45) is -2.97. The maximum Gasteiger partial charge on any atom is 0.317 e. The van der Waals surface area contributed by atoms with Crippen LogP contribution in [0.25, 0.3) is 0 Å². The normalized spacial score (nSPS) is 21.4. The summed E-state index contributed by atoms with van der Waals surface area (Å²) in [4.78, 5) is 19.7. The minimum atomic E-state index is -0.996. The molecule has 12 heteroatoms. The first-order valence-electron chi connectivity index (χ1n) is 14.4. The van der Waals surface area contributed by atoms with Gasteiger partial charge in [0.05, 0.1) is 23.3 Å². The van der Waals surface area contributed by atoms with Crippen molar-refractivity contribution in [3.8, 4) is 0 Å². The molecule has 0 radical (unpaired) electrons. The highest BCUT2D eigenvalue weighted by Crippen LogP contribution is 2.14. The molecular formula is C28H58N4O8. The number of rotatable bonds is 11. The summed E-state index contributed by atoms with van der Waals surface area (Å²) in [6, 6.07) is 0. The van der Waals surface area contributed by atoms with E-state index in [9.17, 15) is 25.2 Å². The Morgan fingerprint density at radius 1 is 0.550 bits per heavy atom. The van der Waals surface area contributed by atoms with Crippen LogP contribution in [0.5, 0.6) is 0 Å². The molecule has 0 amide bonds. The van der Waals surface area contributed by atoms with Crippen molar-refractivity contribution in [2.45, 2.75) is 98.0 Å². The van der Waals surface area contributed by atoms with Crippen LogP contribution in [0.2, 0.25) is 0 Å². The molecule has 3 atom stereocenters. The average Bonchev–Trinajstić information content (AvgIpc) is 2.71. The topological polar surface area (TPSA) is 139 Å². The molecule has 0 bridgehead atoms. The van der Waals surface area contributed by atoms with E-state index in [4.69, 9.17) is 14.2 Å². The summed E-state index contributed by atoms with van der Waals surface area (Å²) in [5, 5.41) is 41.3. The molecule has 1 saturated heterocycles. The van der Waals surface area contributed by atoms with Gasteiger partial charge in [-0.3, -0.25) is 24.4 Å². The molecule has 0 aromatic carbocycles. The zero-order valence-corrected chi connectivity index (χ0v) is 26.4. The fourth-order valence-electron chi connectivity index (χ4n) is 4.47. The number of hydrogen-bond acceptors (Lipinski definition) is 11. The molecule has 0 spiro atoms. The summed E-state index contributed by atoms with van der Waals surface area (Å²) in [6.45, 7) is 22.1. The molecule has 1 rings (SSSR count). The summed E-state index contributed by atoms with van der Waals surface area (Å²) in [7, 11) is 0. The van der Waals surface area contributed by atoms with Crippen LogP contribution in [0.3, 0.4) is 0 Å². The van der Waals surface area contributed by atoms with Gasteiger partial charge in [-0.2, -0.15) is 0 Å². The lowest BCUT2D eigenvalue weighted by atomic mass is 10.2. The molecule has 0 aromatic rings. The van der Waals surface area contributed by atoms with Crippen LogP contribution in [0, 0.1) is 0 Å². The average molecular weight is 579 g/mol. The number of carbonyl (C=O) groups is 1. The van der Waals surface area contributed by atoms with Crippen LogP contribution >= 0.6 is 0 Å². The highest BCUT2D eigenvalue weighted by Gasteiger charge is 2.25. The number of nitrogens with zero attached hydrogens (tertiary/aromatic N) is 4. The van der Waals surface area contributed by atoms with Gasteiger partial charge in [0, 0.05) is 72.0 Å². The smallest absolute Gasteiger partial charge is 0.317 e. The molecule has 1 fully saturated rings. The molecule has 0 saturated carbocycles. The quantitative estimate of drug-likeness (QED) is 0.257.